The van der Waals surface area contributed by atoms with Crippen LogP contribution < -0.4 is 0 Å². The predicted molar refractivity (Wildman–Crippen MR) is 86.8 cm³/mol. The second-order valence-corrected chi connectivity index (χ2v) is 7.59. The molecule has 1 aromatic rings. The lowest BCUT2D eigenvalue weighted by molar-refractivity contribution is -0.150. The molecule has 1 fully saturated rings. The lowest BCUT2D eigenvalue weighted by Crippen LogP contribution is -2.47. The molecule has 2 heterocycles. The number of aliphatic carboxylic acids is 1. The normalized spacial score (nSPS) is 19.6. The van der Waals surface area contributed by atoms with Crippen LogP contribution >= 0.6 is 11.3 Å². The molecule has 0 saturated carbocycles. The van der Waals surface area contributed by atoms with Crippen molar-refractivity contribution in [2.24, 2.45) is 0 Å². The van der Waals surface area contributed by atoms with E-state index in [9.17, 15) is 14.7 Å². The quantitative estimate of drug-likeness (QED) is 0.869. The van der Waals surface area contributed by atoms with Gasteiger partial charge in [0.05, 0.1) is 5.01 Å². The summed E-state index contributed by atoms with van der Waals surface area (Å²) in [4.78, 5) is 30.2. The van der Waals surface area contributed by atoms with Crippen molar-refractivity contribution < 1.29 is 14.7 Å². The maximum atomic E-state index is 12.2. The van der Waals surface area contributed by atoms with Crippen LogP contribution in [0.15, 0.2) is 12.3 Å². The summed E-state index contributed by atoms with van der Waals surface area (Å²) in [5.41, 5.74) is -0.0119. The molecule has 1 aliphatic heterocycles. The molecule has 6 heteroatoms. The third-order valence-corrected chi connectivity index (χ3v) is 5.01. The number of carboxylic acids is 1. The Morgan fingerprint density at radius 1 is 1.41 bits per heavy atom. The van der Waals surface area contributed by atoms with E-state index in [-0.39, 0.29) is 11.3 Å². The van der Waals surface area contributed by atoms with E-state index in [2.05, 4.69) is 25.8 Å². The summed E-state index contributed by atoms with van der Waals surface area (Å²) < 4.78 is 0. The van der Waals surface area contributed by atoms with Gasteiger partial charge in [-0.05, 0) is 25.3 Å². The molecule has 2 rings (SSSR count). The van der Waals surface area contributed by atoms with Gasteiger partial charge in [0, 0.05) is 29.1 Å². The highest BCUT2D eigenvalue weighted by Crippen LogP contribution is 2.27. The summed E-state index contributed by atoms with van der Waals surface area (Å²) in [6, 6.07) is -0.697. The van der Waals surface area contributed by atoms with Crippen LogP contribution in [-0.4, -0.2) is 39.5 Å². The molecule has 0 aliphatic carbocycles. The van der Waals surface area contributed by atoms with Crippen LogP contribution in [0.4, 0.5) is 0 Å². The number of rotatable bonds is 3. The maximum absolute atomic E-state index is 12.2. The predicted octanol–water partition coefficient (Wildman–Crippen LogP) is 2.92. The number of amides is 1. The number of likely N-dealkylation sites (tertiary alicyclic amines) is 1. The number of piperidine rings is 1. The van der Waals surface area contributed by atoms with Gasteiger partial charge in [0.1, 0.15) is 6.04 Å². The fraction of sp³-hybridized carbons (Fsp3) is 0.562. The number of hydrogen-bond acceptors (Lipinski definition) is 4. The Balaban J connectivity index is 2.07. The van der Waals surface area contributed by atoms with Gasteiger partial charge < -0.3 is 10.0 Å². The van der Waals surface area contributed by atoms with Gasteiger partial charge in [0.25, 0.3) is 0 Å². The Morgan fingerprint density at radius 2 is 2.14 bits per heavy atom. The van der Waals surface area contributed by atoms with E-state index in [4.69, 9.17) is 0 Å². The Morgan fingerprint density at radius 3 is 2.73 bits per heavy atom. The molecule has 1 saturated heterocycles. The highest BCUT2D eigenvalue weighted by Gasteiger charge is 2.30. The molecule has 120 valence electrons. The highest BCUT2D eigenvalue weighted by atomic mass is 32.1. The van der Waals surface area contributed by atoms with Crippen LogP contribution in [0.5, 0.6) is 0 Å². The van der Waals surface area contributed by atoms with Crippen LogP contribution in [-0.2, 0) is 15.0 Å². The van der Waals surface area contributed by atoms with E-state index in [1.165, 1.54) is 11.0 Å². The zero-order valence-electron chi connectivity index (χ0n) is 13.2. The Labute approximate surface area is 134 Å². The molecular weight excluding hydrogens is 300 g/mol. The molecular formula is C16H22N2O3S. The molecule has 1 unspecified atom stereocenters. The Hall–Kier alpha value is -1.69. The SMILES string of the molecule is CC(C)(C)c1ncc(C=CC(=O)N2CCCCC2C(=O)O)s1. The van der Waals surface area contributed by atoms with Gasteiger partial charge in [-0.15, -0.1) is 11.3 Å². The summed E-state index contributed by atoms with van der Waals surface area (Å²) >= 11 is 1.55. The number of carbonyl (C=O) groups is 2. The largest absolute Gasteiger partial charge is 0.480 e. The first-order valence-corrected chi connectivity index (χ1v) is 8.28. The van der Waals surface area contributed by atoms with Crippen molar-refractivity contribution in [1.29, 1.82) is 0 Å². The van der Waals surface area contributed by atoms with Gasteiger partial charge >= 0.3 is 5.97 Å². The third kappa shape index (κ3) is 3.94. The summed E-state index contributed by atoms with van der Waals surface area (Å²) in [5.74, 6) is -1.16. The van der Waals surface area contributed by atoms with Gasteiger partial charge in [-0.25, -0.2) is 9.78 Å². The smallest absolute Gasteiger partial charge is 0.326 e. The van der Waals surface area contributed by atoms with E-state index >= 15 is 0 Å². The summed E-state index contributed by atoms with van der Waals surface area (Å²) in [6.45, 7) is 6.79. The van der Waals surface area contributed by atoms with Gasteiger partial charge in [-0.2, -0.15) is 0 Å². The van der Waals surface area contributed by atoms with Crippen molar-refractivity contribution in [2.75, 3.05) is 6.54 Å². The fourth-order valence-electron chi connectivity index (χ4n) is 2.41. The highest BCUT2D eigenvalue weighted by molar-refractivity contribution is 7.12. The minimum absolute atomic E-state index is 0.0119. The standard InChI is InChI=1S/C16H22N2O3S/c1-16(2,3)15-17-10-11(22-15)7-8-13(19)18-9-5-4-6-12(18)14(20)21/h7-8,10,12H,4-6,9H2,1-3H3,(H,20,21). The summed E-state index contributed by atoms with van der Waals surface area (Å²) in [5, 5.41) is 10.2. The fourth-order valence-corrected chi connectivity index (χ4v) is 3.29. The van der Waals surface area contributed by atoms with E-state index in [1.54, 1.807) is 23.6 Å². The van der Waals surface area contributed by atoms with Gasteiger partial charge in [0.15, 0.2) is 0 Å². The molecule has 0 radical (unpaired) electrons. The molecule has 0 spiro atoms. The average molecular weight is 322 g/mol. The zero-order valence-corrected chi connectivity index (χ0v) is 14.0. The number of thiazole rings is 1. The maximum Gasteiger partial charge on any atom is 0.326 e. The summed E-state index contributed by atoms with van der Waals surface area (Å²) in [7, 11) is 0. The van der Waals surface area contributed by atoms with Crippen molar-refractivity contribution in [2.45, 2.75) is 51.5 Å². The van der Waals surface area contributed by atoms with Crippen molar-refractivity contribution in [3.05, 3.63) is 22.2 Å². The van der Waals surface area contributed by atoms with E-state index in [0.29, 0.717) is 13.0 Å². The first kappa shape index (κ1) is 16.7. The zero-order chi connectivity index (χ0) is 16.3. The second kappa shape index (κ2) is 6.60. The number of hydrogen-bond donors (Lipinski definition) is 1. The van der Waals surface area contributed by atoms with Crippen LogP contribution in [0.2, 0.25) is 0 Å². The van der Waals surface area contributed by atoms with Crippen molar-refractivity contribution in [3.8, 4) is 0 Å². The Kier molecular flexibility index (Phi) is 5.01. The van der Waals surface area contributed by atoms with Gasteiger partial charge in [0.2, 0.25) is 5.91 Å². The number of nitrogens with zero attached hydrogens (tertiary/aromatic N) is 2. The van der Waals surface area contributed by atoms with Crippen molar-refractivity contribution in [3.63, 3.8) is 0 Å². The topological polar surface area (TPSA) is 70.5 Å². The molecule has 0 aromatic carbocycles. The second-order valence-electron chi connectivity index (χ2n) is 6.53. The molecule has 1 aliphatic rings. The minimum Gasteiger partial charge on any atom is -0.480 e. The molecule has 0 bridgehead atoms. The third-order valence-electron chi connectivity index (χ3n) is 3.63. The monoisotopic (exact) mass is 322 g/mol. The average Bonchev–Trinajstić information content (AvgIpc) is 2.93. The van der Waals surface area contributed by atoms with Crippen LogP contribution in [0.3, 0.4) is 0 Å². The molecule has 1 amide bonds. The van der Waals surface area contributed by atoms with E-state index in [0.717, 1.165) is 22.7 Å². The van der Waals surface area contributed by atoms with Crippen molar-refractivity contribution >= 4 is 29.3 Å². The van der Waals surface area contributed by atoms with Crippen LogP contribution in [0, 0.1) is 0 Å². The van der Waals surface area contributed by atoms with Gasteiger partial charge in [-0.1, -0.05) is 20.8 Å². The van der Waals surface area contributed by atoms with Crippen LogP contribution in [0.25, 0.3) is 6.08 Å². The van der Waals surface area contributed by atoms with E-state index in [1.807, 2.05) is 0 Å². The number of carboxylic acid groups (broad SMARTS) is 1. The molecule has 5 nitrogen and oxygen atoms in total. The van der Waals surface area contributed by atoms with Crippen LogP contribution in [0.1, 0.15) is 49.9 Å². The summed E-state index contributed by atoms with van der Waals surface area (Å²) in [6.07, 6.45) is 7.18. The first-order chi connectivity index (χ1) is 10.3. The Bertz CT molecular complexity index is 586. The molecule has 1 N–H and O–H groups in total. The molecule has 22 heavy (non-hydrogen) atoms. The lowest BCUT2D eigenvalue weighted by Gasteiger charge is -2.32. The lowest BCUT2D eigenvalue weighted by atomic mass is 9.98. The molecule has 1 aromatic heterocycles. The minimum atomic E-state index is -0.922. The molecule has 1 atom stereocenters. The van der Waals surface area contributed by atoms with Crippen molar-refractivity contribution in [1.82, 2.24) is 9.88 Å². The number of carbonyl (C=O) groups excluding carboxylic acids is 1. The van der Waals surface area contributed by atoms with Gasteiger partial charge in [-0.3, -0.25) is 4.79 Å². The van der Waals surface area contributed by atoms with E-state index < -0.39 is 12.0 Å². The first-order valence-electron chi connectivity index (χ1n) is 7.47. The number of aromatic nitrogens is 1.